The third-order valence-electron chi connectivity index (χ3n) is 15.6. The van der Waals surface area contributed by atoms with E-state index in [0.29, 0.717) is 12.8 Å². The zero-order valence-electron chi connectivity index (χ0n) is 50.8. The lowest BCUT2D eigenvalue weighted by Crippen LogP contribution is -2.61. The van der Waals surface area contributed by atoms with Crippen LogP contribution >= 0.6 is 0 Å². The maximum Gasteiger partial charge on any atom is 0.306 e. The van der Waals surface area contributed by atoms with Crippen molar-refractivity contribution in [2.45, 2.75) is 332 Å². The lowest BCUT2D eigenvalue weighted by atomic mass is 9.98. The van der Waals surface area contributed by atoms with Crippen LogP contribution in [-0.2, 0) is 38.0 Å². The van der Waals surface area contributed by atoms with Gasteiger partial charge >= 0.3 is 11.9 Å². The second-order valence-electron chi connectivity index (χ2n) is 22.9. The molecule has 2 rings (SSSR count). The Kier molecular flexibility index (Phi) is 47.7. The van der Waals surface area contributed by atoms with Crippen molar-refractivity contribution >= 4 is 11.9 Å². The molecule has 0 aromatic rings. The van der Waals surface area contributed by atoms with Crippen LogP contribution in [0.2, 0.25) is 0 Å². The molecule has 0 saturated carbocycles. The molecule has 11 unspecified atom stereocenters. The summed E-state index contributed by atoms with van der Waals surface area (Å²) in [6.45, 7) is 2.53. The fourth-order valence-electron chi connectivity index (χ4n) is 10.3. The first kappa shape index (κ1) is 74.6. The van der Waals surface area contributed by atoms with E-state index in [-0.39, 0.29) is 26.1 Å². The number of ether oxygens (including phenoxy) is 6. The van der Waals surface area contributed by atoms with Crippen LogP contribution in [0.1, 0.15) is 264 Å². The average Bonchev–Trinajstić information content (AvgIpc) is 3.47. The molecule has 2 aliphatic rings. The Morgan fingerprint density at radius 2 is 0.778 bits per heavy atom. The Morgan fingerprint density at radius 3 is 1.22 bits per heavy atom. The molecule has 7 N–H and O–H groups in total. The molecule has 2 fully saturated rings. The number of hydrogen-bond acceptors (Lipinski definition) is 15. The molecule has 15 heteroatoms. The second kappa shape index (κ2) is 51.8. The van der Waals surface area contributed by atoms with Crippen molar-refractivity contribution in [1.82, 2.24) is 0 Å². The Hall–Kier alpha value is -2.54. The summed E-state index contributed by atoms with van der Waals surface area (Å²) in [7, 11) is 0. The lowest BCUT2D eigenvalue weighted by Gasteiger charge is -2.42. The molecular weight excluding hydrogens is 1030 g/mol. The standard InChI is InChI=1S/C66H118O15/c1-3-5-7-9-11-13-15-17-19-21-23-25-27-29-31-33-35-37-39-41-43-45-47-49-58(69)79-54(52-77-65-64(75)62(73)60(71)56(81-65)53-78-66-63(74)61(72)59(70)55(50-67)80-66)51-76-57(68)48-46-44-42-40-38-36-34-32-30-28-26-24-22-20-18-16-14-12-10-8-6-4-2/h5,7,11,13,17,19,23,25,54-56,59-67,70-75H,3-4,6,8-10,12,14-16,18,20-22,24,26-53H2,1-2H3/b7-5-,13-11-,19-17-,25-23-. The zero-order valence-corrected chi connectivity index (χ0v) is 50.8. The summed E-state index contributed by atoms with van der Waals surface area (Å²) >= 11 is 0. The van der Waals surface area contributed by atoms with Gasteiger partial charge in [0.2, 0.25) is 0 Å². The number of allylic oxidation sites excluding steroid dienone is 8. The van der Waals surface area contributed by atoms with Crippen LogP contribution in [-0.4, -0.2) is 142 Å². The number of esters is 2. The summed E-state index contributed by atoms with van der Waals surface area (Å²) in [5, 5.41) is 72.5. The van der Waals surface area contributed by atoms with E-state index in [1.807, 2.05) is 0 Å². The minimum atomic E-state index is -1.77. The molecule has 0 amide bonds. The smallest absolute Gasteiger partial charge is 0.306 e. The normalized spacial score (nSPS) is 23.9. The van der Waals surface area contributed by atoms with Gasteiger partial charge in [-0.05, 0) is 51.4 Å². The van der Waals surface area contributed by atoms with Crippen LogP contribution in [0, 0.1) is 0 Å². The summed E-state index contributed by atoms with van der Waals surface area (Å²) in [6, 6.07) is 0. The quantitative estimate of drug-likeness (QED) is 0.0171. The van der Waals surface area contributed by atoms with Gasteiger partial charge in [-0.2, -0.15) is 0 Å². The first-order valence-corrected chi connectivity index (χ1v) is 32.7. The number of carbonyl (C=O) groups is 2. The predicted molar refractivity (Wildman–Crippen MR) is 321 cm³/mol. The van der Waals surface area contributed by atoms with Crippen LogP contribution in [0.15, 0.2) is 48.6 Å². The largest absolute Gasteiger partial charge is 0.462 e. The molecule has 0 aromatic heterocycles. The average molecular weight is 1150 g/mol. The van der Waals surface area contributed by atoms with Crippen molar-refractivity contribution in [2.75, 3.05) is 26.4 Å². The number of rotatable bonds is 53. The number of aliphatic hydroxyl groups is 7. The number of hydrogen-bond donors (Lipinski definition) is 7. The first-order chi connectivity index (χ1) is 39.5. The van der Waals surface area contributed by atoms with Gasteiger partial charge < -0.3 is 64.2 Å². The molecule has 2 saturated heterocycles. The van der Waals surface area contributed by atoms with Gasteiger partial charge in [-0.3, -0.25) is 9.59 Å². The van der Waals surface area contributed by atoms with E-state index in [2.05, 4.69) is 62.5 Å². The second-order valence-corrected chi connectivity index (χ2v) is 22.9. The maximum absolute atomic E-state index is 13.1. The van der Waals surface area contributed by atoms with Crippen LogP contribution in [0.4, 0.5) is 0 Å². The monoisotopic (exact) mass is 1150 g/mol. The zero-order chi connectivity index (χ0) is 58.8. The van der Waals surface area contributed by atoms with Crippen LogP contribution in [0.5, 0.6) is 0 Å². The topological polar surface area (TPSA) is 231 Å². The number of aliphatic hydroxyl groups excluding tert-OH is 7. The summed E-state index contributed by atoms with van der Waals surface area (Å²) < 4.78 is 33.8. The van der Waals surface area contributed by atoms with E-state index in [1.165, 1.54) is 148 Å². The fraction of sp³-hybridized carbons (Fsp3) is 0.848. The van der Waals surface area contributed by atoms with Crippen molar-refractivity contribution in [3.63, 3.8) is 0 Å². The van der Waals surface area contributed by atoms with Crippen molar-refractivity contribution < 1.29 is 73.8 Å². The van der Waals surface area contributed by atoms with E-state index >= 15 is 0 Å². The molecule has 81 heavy (non-hydrogen) atoms. The van der Waals surface area contributed by atoms with Crippen LogP contribution in [0.3, 0.4) is 0 Å². The van der Waals surface area contributed by atoms with E-state index < -0.39 is 92.7 Å². The first-order valence-electron chi connectivity index (χ1n) is 32.7. The molecule has 0 aliphatic carbocycles. The fourth-order valence-corrected chi connectivity index (χ4v) is 10.3. The maximum atomic E-state index is 13.1. The number of unbranched alkanes of at least 4 members (excludes halogenated alkanes) is 31. The van der Waals surface area contributed by atoms with Crippen molar-refractivity contribution in [3.8, 4) is 0 Å². The molecule has 11 atom stereocenters. The molecule has 0 aromatic carbocycles. The molecular formula is C66H118O15. The van der Waals surface area contributed by atoms with E-state index in [4.69, 9.17) is 28.4 Å². The van der Waals surface area contributed by atoms with Crippen molar-refractivity contribution in [3.05, 3.63) is 48.6 Å². The highest BCUT2D eigenvalue weighted by molar-refractivity contribution is 5.70. The molecule has 0 spiro atoms. The third kappa shape index (κ3) is 38.2. The summed E-state index contributed by atoms with van der Waals surface area (Å²) in [4.78, 5) is 26.0. The van der Waals surface area contributed by atoms with Gasteiger partial charge in [0, 0.05) is 12.8 Å². The van der Waals surface area contributed by atoms with Crippen molar-refractivity contribution in [2.24, 2.45) is 0 Å². The van der Waals surface area contributed by atoms with Crippen molar-refractivity contribution in [1.29, 1.82) is 0 Å². The number of carbonyl (C=O) groups excluding carboxylic acids is 2. The van der Waals surface area contributed by atoms with Gasteiger partial charge in [-0.15, -0.1) is 0 Å². The summed E-state index contributed by atoms with van der Waals surface area (Å²) in [6.07, 6.45) is 45.6. The van der Waals surface area contributed by atoms with Crippen LogP contribution in [0.25, 0.3) is 0 Å². The van der Waals surface area contributed by atoms with Gasteiger partial charge in [0.25, 0.3) is 0 Å². The van der Waals surface area contributed by atoms with Gasteiger partial charge in [0.05, 0.1) is 19.8 Å². The Bertz CT molecular complexity index is 1590. The molecule has 15 nitrogen and oxygen atoms in total. The Balaban J connectivity index is 1.70. The third-order valence-corrected chi connectivity index (χ3v) is 15.6. The minimum absolute atomic E-state index is 0.161. The highest BCUT2D eigenvalue weighted by Gasteiger charge is 2.47. The van der Waals surface area contributed by atoms with Crippen LogP contribution < -0.4 is 0 Å². The predicted octanol–water partition coefficient (Wildman–Crippen LogP) is 12.6. The van der Waals surface area contributed by atoms with Gasteiger partial charge in [-0.25, -0.2) is 0 Å². The molecule has 472 valence electrons. The highest BCUT2D eigenvalue weighted by atomic mass is 16.7. The minimum Gasteiger partial charge on any atom is -0.462 e. The highest BCUT2D eigenvalue weighted by Crippen LogP contribution is 2.27. The summed E-state index contributed by atoms with van der Waals surface area (Å²) in [5.41, 5.74) is 0. The van der Waals surface area contributed by atoms with Gasteiger partial charge in [0.15, 0.2) is 18.7 Å². The summed E-state index contributed by atoms with van der Waals surface area (Å²) in [5.74, 6) is -0.917. The Labute approximate surface area is 490 Å². The van der Waals surface area contributed by atoms with Gasteiger partial charge in [0.1, 0.15) is 55.4 Å². The molecule has 2 heterocycles. The molecule has 2 aliphatic heterocycles. The molecule has 0 radical (unpaired) electrons. The Morgan fingerprint density at radius 1 is 0.407 bits per heavy atom. The SMILES string of the molecule is CC/C=C\C/C=C\C/C=C\C/C=C\CCCCCCCCCCCCC(=O)OC(COC(=O)CCCCCCCCCCCCCCCCCCCCCCCC)COC1OC(COC2OC(CO)C(O)C(O)C2O)C(O)C(O)C1O. The van der Waals surface area contributed by atoms with E-state index in [9.17, 15) is 45.3 Å². The van der Waals surface area contributed by atoms with Gasteiger partial charge in [-0.1, -0.05) is 249 Å². The van der Waals surface area contributed by atoms with E-state index in [1.54, 1.807) is 0 Å². The lowest BCUT2D eigenvalue weighted by molar-refractivity contribution is -0.332. The van der Waals surface area contributed by atoms with E-state index in [0.717, 1.165) is 77.0 Å². The molecule has 0 bridgehead atoms.